The fourth-order valence-corrected chi connectivity index (χ4v) is 4.94. The van der Waals surface area contributed by atoms with E-state index in [9.17, 15) is 0 Å². The van der Waals surface area contributed by atoms with E-state index in [1.807, 2.05) is 48.2 Å². The van der Waals surface area contributed by atoms with E-state index in [0.717, 1.165) is 11.4 Å². The Morgan fingerprint density at radius 1 is 0.588 bits per heavy atom. The first-order valence-corrected chi connectivity index (χ1v) is 11.8. The Morgan fingerprint density at radius 2 is 1.03 bits per heavy atom. The zero-order chi connectivity index (χ0) is 22.6. The van der Waals surface area contributed by atoms with Gasteiger partial charge >= 0.3 is 0 Å². The molecule has 175 valence electrons. The van der Waals surface area contributed by atoms with Crippen LogP contribution >= 0.6 is 11.8 Å². The van der Waals surface area contributed by atoms with E-state index < -0.39 is 0 Å². The van der Waals surface area contributed by atoms with Crippen molar-refractivity contribution in [3.05, 3.63) is 133 Å². The SMILES string of the molecule is C1=CN(c2ccccc2)[CH-]N1c1ccccc1.Cc1cccc2c1[N-]c1c(C)cccc1S2.[Au]. The van der Waals surface area contributed by atoms with Crippen LogP contribution in [0.5, 0.6) is 0 Å². The molecule has 4 aromatic carbocycles. The molecule has 6 rings (SSSR count). The fraction of sp³-hybridized carbons (Fsp3) is 0.0690. The molecule has 2 aliphatic heterocycles. The summed E-state index contributed by atoms with van der Waals surface area (Å²) in [5, 5.41) is 4.79. The van der Waals surface area contributed by atoms with E-state index in [0.29, 0.717) is 0 Å². The molecule has 0 atom stereocenters. The van der Waals surface area contributed by atoms with Gasteiger partial charge in [0.15, 0.2) is 0 Å². The molecular weight excluding hydrogens is 619 g/mol. The van der Waals surface area contributed by atoms with Gasteiger partial charge in [-0.25, -0.2) is 0 Å². The standard InChI is InChI=1S/C15H13N2.C14H12NS.Au/c1-3-7-14(8-4-1)16-11-12-17(13-16)15-9-5-2-6-10-15;1-9-5-3-7-11-13(9)15-14-10(2)6-4-8-12(14)16-11;/h1-13H;3-8H,1-2H3;/q2*-1;. The molecule has 2 aliphatic rings. The molecule has 0 unspecified atom stereocenters. The van der Waals surface area contributed by atoms with Crippen molar-refractivity contribution in [1.82, 2.24) is 0 Å². The molecule has 34 heavy (non-hydrogen) atoms. The van der Waals surface area contributed by atoms with E-state index in [1.165, 1.54) is 32.3 Å². The van der Waals surface area contributed by atoms with Crippen LogP contribution in [0.4, 0.5) is 22.7 Å². The number of anilines is 2. The minimum atomic E-state index is 0. The van der Waals surface area contributed by atoms with Crippen LogP contribution in [0.25, 0.3) is 5.32 Å². The van der Waals surface area contributed by atoms with Crippen LogP contribution in [0.15, 0.2) is 119 Å². The molecule has 0 amide bonds. The Balaban J connectivity index is 0.000000157. The largest absolute Gasteiger partial charge is 0.656 e. The second-order valence-corrected chi connectivity index (χ2v) is 9.04. The number of benzene rings is 4. The average molecular weight is 645 g/mol. The first-order chi connectivity index (χ1) is 16.2. The predicted octanol–water partition coefficient (Wildman–Crippen LogP) is 8.71. The van der Waals surface area contributed by atoms with Crippen molar-refractivity contribution in [1.29, 1.82) is 0 Å². The molecule has 0 spiro atoms. The van der Waals surface area contributed by atoms with Gasteiger partial charge in [-0.1, -0.05) is 83.6 Å². The summed E-state index contributed by atoms with van der Waals surface area (Å²) in [6.07, 6.45) is 4.12. The summed E-state index contributed by atoms with van der Waals surface area (Å²) < 4.78 is 0. The maximum Gasteiger partial charge on any atom is 0.0124 e. The van der Waals surface area contributed by atoms with E-state index in [-0.39, 0.29) is 22.4 Å². The van der Waals surface area contributed by atoms with Crippen molar-refractivity contribution in [2.45, 2.75) is 23.6 Å². The third kappa shape index (κ3) is 5.26. The summed E-state index contributed by atoms with van der Waals surface area (Å²) in [6, 6.07) is 33.3. The van der Waals surface area contributed by atoms with E-state index in [2.05, 4.69) is 103 Å². The molecule has 4 aromatic rings. The summed E-state index contributed by atoms with van der Waals surface area (Å²) in [5.41, 5.74) is 7.10. The van der Waals surface area contributed by atoms with Crippen molar-refractivity contribution < 1.29 is 22.4 Å². The third-order valence-corrected chi connectivity index (χ3v) is 6.69. The van der Waals surface area contributed by atoms with Crippen molar-refractivity contribution >= 4 is 34.5 Å². The molecule has 0 aliphatic carbocycles. The summed E-state index contributed by atoms with van der Waals surface area (Å²) in [7, 11) is 0. The van der Waals surface area contributed by atoms with Gasteiger partial charge in [-0.3, -0.25) is 0 Å². The van der Waals surface area contributed by atoms with Gasteiger partial charge in [-0.05, 0) is 72.4 Å². The zero-order valence-corrected chi connectivity index (χ0v) is 22.0. The van der Waals surface area contributed by atoms with E-state index in [1.54, 1.807) is 0 Å². The first kappa shape index (κ1) is 24.2. The molecular formula is C29H25AuN3S-2. The number of fused-ring (bicyclic) bond motifs is 2. The van der Waals surface area contributed by atoms with Crippen molar-refractivity contribution in [2.75, 3.05) is 9.80 Å². The number of para-hydroxylation sites is 4. The van der Waals surface area contributed by atoms with Gasteiger partial charge in [0, 0.05) is 33.8 Å². The van der Waals surface area contributed by atoms with Crippen molar-refractivity contribution in [3.8, 4) is 0 Å². The van der Waals surface area contributed by atoms with E-state index in [4.69, 9.17) is 5.32 Å². The Morgan fingerprint density at radius 3 is 1.47 bits per heavy atom. The van der Waals surface area contributed by atoms with Crippen LogP contribution < -0.4 is 9.80 Å². The summed E-state index contributed by atoms with van der Waals surface area (Å²) in [5.74, 6) is 0. The van der Waals surface area contributed by atoms with Crippen LogP contribution in [0.3, 0.4) is 0 Å². The molecule has 0 fully saturated rings. The van der Waals surface area contributed by atoms with Gasteiger partial charge < -0.3 is 15.1 Å². The second kappa shape index (κ2) is 11.0. The van der Waals surface area contributed by atoms with Crippen molar-refractivity contribution in [3.63, 3.8) is 0 Å². The Kier molecular flexibility index (Phi) is 7.86. The van der Waals surface area contributed by atoms with Crippen LogP contribution in [-0.4, -0.2) is 0 Å². The smallest absolute Gasteiger partial charge is 0.0124 e. The maximum absolute atomic E-state index is 4.79. The number of aryl methyl sites for hydroxylation is 2. The molecule has 0 bridgehead atoms. The van der Waals surface area contributed by atoms with Crippen LogP contribution in [0.1, 0.15) is 11.1 Å². The molecule has 0 saturated carbocycles. The fourth-order valence-electron chi connectivity index (χ4n) is 3.81. The van der Waals surface area contributed by atoms with Crippen molar-refractivity contribution in [2.24, 2.45) is 0 Å². The minimum absolute atomic E-state index is 0. The molecule has 1 radical (unpaired) electrons. The average Bonchev–Trinajstić information content (AvgIpc) is 3.36. The minimum Gasteiger partial charge on any atom is -0.656 e. The Bertz CT molecular complexity index is 1180. The summed E-state index contributed by atoms with van der Waals surface area (Å²) in [4.78, 5) is 6.73. The monoisotopic (exact) mass is 644 g/mol. The number of hydrogen-bond acceptors (Lipinski definition) is 3. The Labute approximate surface area is 222 Å². The second-order valence-electron chi connectivity index (χ2n) is 7.96. The predicted molar refractivity (Wildman–Crippen MR) is 140 cm³/mol. The molecule has 0 saturated heterocycles. The van der Waals surface area contributed by atoms with Gasteiger partial charge in [0.25, 0.3) is 0 Å². The van der Waals surface area contributed by atoms with Crippen LogP contribution in [0.2, 0.25) is 0 Å². The number of hydrogen-bond donors (Lipinski definition) is 0. The summed E-state index contributed by atoms with van der Waals surface area (Å²) >= 11 is 1.82. The quantitative estimate of drug-likeness (QED) is 0.142. The number of nitrogens with zero attached hydrogens (tertiary/aromatic N) is 3. The topological polar surface area (TPSA) is 20.6 Å². The molecule has 5 heteroatoms. The van der Waals surface area contributed by atoms with Gasteiger partial charge in [-0.15, -0.1) is 18.0 Å². The van der Waals surface area contributed by atoms with Gasteiger partial charge in [0.2, 0.25) is 0 Å². The van der Waals surface area contributed by atoms with Gasteiger partial charge in [0.1, 0.15) is 0 Å². The zero-order valence-electron chi connectivity index (χ0n) is 19.0. The third-order valence-electron chi connectivity index (χ3n) is 5.59. The van der Waals surface area contributed by atoms with Crippen LogP contribution in [-0.2, 0) is 22.4 Å². The molecule has 2 heterocycles. The molecule has 3 nitrogen and oxygen atoms in total. The van der Waals surface area contributed by atoms with Crippen LogP contribution in [0, 0.1) is 20.5 Å². The Hall–Kier alpha value is -2.89. The number of rotatable bonds is 2. The first-order valence-electron chi connectivity index (χ1n) is 11.0. The van der Waals surface area contributed by atoms with E-state index >= 15 is 0 Å². The molecule has 0 aromatic heterocycles. The molecule has 0 N–H and O–H groups in total. The summed E-state index contributed by atoms with van der Waals surface area (Å²) in [6.45, 7) is 6.31. The normalized spacial score (nSPS) is 13.1. The van der Waals surface area contributed by atoms with Gasteiger partial charge in [0.05, 0.1) is 0 Å². The van der Waals surface area contributed by atoms with Gasteiger partial charge in [-0.2, -0.15) is 0 Å². The maximum atomic E-state index is 4.79.